The molecule has 0 saturated heterocycles. The lowest BCUT2D eigenvalue weighted by Gasteiger charge is -2.21. The molecule has 25 heavy (non-hydrogen) atoms. The maximum atomic E-state index is 10.8. The molecule has 0 radical (unpaired) electrons. The third-order valence-electron chi connectivity index (χ3n) is 5.06. The van der Waals surface area contributed by atoms with Crippen molar-refractivity contribution < 1.29 is 10.2 Å². The smallest absolute Gasteiger partial charge is 0.122 e. The Morgan fingerprint density at radius 2 is 1.16 bits per heavy atom. The minimum atomic E-state index is 0.0168. The third-order valence-corrected chi connectivity index (χ3v) is 5.06. The number of phenols is 2. The van der Waals surface area contributed by atoms with Crippen LogP contribution >= 0.6 is 0 Å². The quantitative estimate of drug-likeness (QED) is 0.560. The number of aryl methyl sites for hydroxylation is 2. The van der Waals surface area contributed by atoms with Crippen molar-refractivity contribution in [2.75, 3.05) is 0 Å². The van der Waals surface area contributed by atoms with Gasteiger partial charge in [0.25, 0.3) is 0 Å². The van der Waals surface area contributed by atoms with E-state index in [0.717, 1.165) is 67.2 Å². The SMILES string of the molecule is CCCCc1cccc(C(CC)c2cccc(CCCC)c2O)c1O. The van der Waals surface area contributed by atoms with E-state index in [2.05, 4.69) is 20.8 Å². The van der Waals surface area contributed by atoms with Crippen LogP contribution in [-0.4, -0.2) is 10.2 Å². The fourth-order valence-corrected chi connectivity index (χ4v) is 3.53. The van der Waals surface area contributed by atoms with Gasteiger partial charge in [0.2, 0.25) is 0 Å². The van der Waals surface area contributed by atoms with E-state index in [1.165, 1.54) is 0 Å². The van der Waals surface area contributed by atoms with Crippen LogP contribution in [0.2, 0.25) is 0 Å². The Kier molecular flexibility index (Phi) is 7.36. The maximum Gasteiger partial charge on any atom is 0.122 e. The molecule has 0 fully saturated rings. The predicted octanol–water partition coefficient (Wildman–Crippen LogP) is 6.32. The molecule has 0 spiro atoms. The topological polar surface area (TPSA) is 40.5 Å². The van der Waals surface area contributed by atoms with Gasteiger partial charge in [-0.1, -0.05) is 70.0 Å². The third kappa shape index (κ3) is 4.56. The number of aromatic hydroxyl groups is 2. The number of hydrogen-bond donors (Lipinski definition) is 2. The molecule has 2 N–H and O–H groups in total. The van der Waals surface area contributed by atoms with Crippen LogP contribution in [0.5, 0.6) is 11.5 Å². The van der Waals surface area contributed by atoms with Crippen LogP contribution in [0.3, 0.4) is 0 Å². The van der Waals surface area contributed by atoms with Crippen molar-refractivity contribution in [1.29, 1.82) is 0 Å². The molecule has 0 aliphatic heterocycles. The summed E-state index contributed by atoms with van der Waals surface area (Å²) in [7, 11) is 0. The van der Waals surface area contributed by atoms with Gasteiger partial charge in [0, 0.05) is 17.0 Å². The molecular formula is C23H32O2. The highest BCUT2D eigenvalue weighted by atomic mass is 16.3. The first-order valence-electron chi connectivity index (χ1n) is 9.75. The summed E-state index contributed by atoms with van der Waals surface area (Å²) < 4.78 is 0. The molecule has 2 rings (SSSR count). The zero-order valence-electron chi connectivity index (χ0n) is 15.9. The van der Waals surface area contributed by atoms with E-state index in [9.17, 15) is 10.2 Å². The van der Waals surface area contributed by atoms with Gasteiger partial charge in [-0.25, -0.2) is 0 Å². The van der Waals surface area contributed by atoms with Crippen molar-refractivity contribution in [1.82, 2.24) is 0 Å². The van der Waals surface area contributed by atoms with Crippen molar-refractivity contribution in [2.24, 2.45) is 0 Å². The Hall–Kier alpha value is -1.96. The van der Waals surface area contributed by atoms with E-state index >= 15 is 0 Å². The van der Waals surface area contributed by atoms with Crippen LogP contribution in [0, 0.1) is 0 Å². The summed E-state index contributed by atoms with van der Waals surface area (Å²) in [5.41, 5.74) is 3.89. The maximum absolute atomic E-state index is 10.8. The molecule has 0 unspecified atom stereocenters. The number of para-hydroxylation sites is 2. The molecule has 2 nitrogen and oxygen atoms in total. The monoisotopic (exact) mass is 340 g/mol. The summed E-state index contributed by atoms with van der Waals surface area (Å²) >= 11 is 0. The number of unbranched alkanes of at least 4 members (excludes halogenated alkanes) is 2. The largest absolute Gasteiger partial charge is 0.507 e. The molecule has 2 aromatic carbocycles. The van der Waals surface area contributed by atoms with E-state index in [-0.39, 0.29) is 5.92 Å². The highest BCUT2D eigenvalue weighted by molar-refractivity contribution is 5.51. The molecular weight excluding hydrogens is 308 g/mol. The fraction of sp³-hybridized carbons (Fsp3) is 0.478. The second-order valence-corrected chi connectivity index (χ2v) is 6.88. The van der Waals surface area contributed by atoms with E-state index in [4.69, 9.17) is 0 Å². The molecule has 0 amide bonds. The summed E-state index contributed by atoms with van der Waals surface area (Å²) in [5.74, 6) is 0.825. The predicted molar refractivity (Wildman–Crippen MR) is 106 cm³/mol. The van der Waals surface area contributed by atoms with Gasteiger partial charge in [0.1, 0.15) is 11.5 Å². The Bertz CT molecular complexity index is 618. The standard InChI is InChI=1S/C23H32O2/c1-4-7-11-17-13-9-15-20(22(17)24)19(6-3)21-16-10-14-18(23(21)25)12-8-5-2/h9-10,13-16,19,24-25H,4-8,11-12H2,1-3H3. The highest BCUT2D eigenvalue weighted by Crippen LogP contribution is 2.40. The molecule has 2 aromatic rings. The Balaban J connectivity index is 2.40. The number of rotatable bonds is 9. The van der Waals surface area contributed by atoms with Crippen molar-refractivity contribution in [3.8, 4) is 11.5 Å². The van der Waals surface area contributed by atoms with Crippen molar-refractivity contribution >= 4 is 0 Å². The first kappa shape index (κ1) is 19.4. The molecule has 2 heteroatoms. The van der Waals surface area contributed by atoms with E-state index in [1.807, 2.05) is 36.4 Å². The van der Waals surface area contributed by atoms with E-state index in [0.29, 0.717) is 11.5 Å². The van der Waals surface area contributed by atoms with Gasteiger partial charge in [-0.3, -0.25) is 0 Å². The average Bonchev–Trinajstić information content (AvgIpc) is 2.63. The average molecular weight is 341 g/mol. The van der Waals surface area contributed by atoms with Gasteiger partial charge in [0.05, 0.1) is 0 Å². The van der Waals surface area contributed by atoms with Crippen molar-refractivity contribution in [3.05, 3.63) is 58.7 Å². The molecule has 0 saturated carbocycles. The zero-order valence-corrected chi connectivity index (χ0v) is 15.9. The summed E-state index contributed by atoms with van der Waals surface area (Å²) in [4.78, 5) is 0. The van der Waals surface area contributed by atoms with Crippen LogP contribution in [-0.2, 0) is 12.8 Å². The second-order valence-electron chi connectivity index (χ2n) is 6.88. The van der Waals surface area contributed by atoms with Gasteiger partial charge in [0.15, 0.2) is 0 Å². The molecule has 136 valence electrons. The van der Waals surface area contributed by atoms with Gasteiger partial charge in [-0.15, -0.1) is 0 Å². The van der Waals surface area contributed by atoms with Crippen LogP contribution < -0.4 is 0 Å². The van der Waals surface area contributed by atoms with Gasteiger partial charge >= 0.3 is 0 Å². The Morgan fingerprint density at radius 3 is 1.52 bits per heavy atom. The number of benzene rings is 2. The lowest BCUT2D eigenvalue weighted by atomic mass is 9.85. The lowest BCUT2D eigenvalue weighted by Crippen LogP contribution is -2.03. The van der Waals surface area contributed by atoms with E-state index < -0.39 is 0 Å². The summed E-state index contributed by atoms with van der Waals surface area (Å²) in [6.07, 6.45) is 7.01. The summed E-state index contributed by atoms with van der Waals surface area (Å²) in [6, 6.07) is 12.1. The van der Waals surface area contributed by atoms with Crippen LogP contribution in [0.25, 0.3) is 0 Å². The Morgan fingerprint density at radius 1 is 0.720 bits per heavy atom. The fourth-order valence-electron chi connectivity index (χ4n) is 3.53. The van der Waals surface area contributed by atoms with Crippen LogP contribution in [0.15, 0.2) is 36.4 Å². The zero-order chi connectivity index (χ0) is 18.2. The Labute approximate surface area is 152 Å². The van der Waals surface area contributed by atoms with Crippen molar-refractivity contribution in [3.63, 3.8) is 0 Å². The lowest BCUT2D eigenvalue weighted by molar-refractivity contribution is 0.444. The summed E-state index contributed by atoms with van der Waals surface area (Å²) in [5, 5.41) is 21.6. The van der Waals surface area contributed by atoms with Crippen molar-refractivity contribution in [2.45, 2.75) is 71.6 Å². The first-order chi connectivity index (χ1) is 12.1. The first-order valence-corrected chi connectivity index (χ1v) is 9.75. The molecule has 0 atom stereocenters. The second kappa shape index (κ2) is 9.50. The molecule has 0 bridgehead atoms. The molecule has 0 aliphatic rings. The number of phenolic OH excluding ortho intramolecular Hbond substituents is 2. The van der Waals surface area contributed by atoms with Crippen LogP contribution in [0.1, 0.15) is 81.0 Å². The van der Waals surface area contributed by atoms with Gasteiger partial charge in [-0.2, -0.15) is 0 Å². The highest BCUT2D eigenvalue weighted by Gasteiger charge is 2.21. The normalized spacial score (nSPS) is 11.2. The van der Waals surface area contributed by atoms with Gasteiger partial charge < -0.3 is 10.2 Å². The minimum Gasteiger partial charge on any atom is -0.507 e. The molecule has 0 aliphatic carbocycles. The number of hydrogen-bond acceptors (Lipinski definition) is 2. The van der Waals surface area contributed by atoms with Gasteiger partial charge in [-0.05, 0) is 43.2 Å². The minimum absolute atomic E-state index is 0.0168. The molecule has 0 heterocycles. The van der Waals surface area contributed by atoms with Crippen LogP contribution in [0.4, 0.5) is 0 Å². The molecule has 0 aromatic heterocycles. The van der Waals surface area contributed by atoms with E-state index in [1.54, 1.807) is 0 Å². The summed E-state index contributed by atoms with van der Waals surface area (Å²) in [6.45, 7) is 6.44.